The van der Waals surface area contributed by atoms with E-state index in [0.717, 1.165) is 34.2 Å². The molecule has 8 nitrogen and oxygen atoms in total. The number of aromatic amines is 1. The average Bonchev–Trinajstić information content (AvgIpc) is 3.44. The fourth-order valence-corrected chi connectivity index (χ4v) is 3.77. The smallest absolute Gasteiger partial charge is 0.406 e. The van der Waals surface area contributed by atoms with Gasteiger partial charge in [0.05, 0.1) is 0 Å². The predicted octanol–water partition coefficient (Wildman–Crippen LogP) is 5.18. The number of ether oxygens (including phenoxy) is 1. The molecule has 2 heterocycles. The molecule has 0 spiro atoms. The van der Waals surface area contributed by atoms with E-state index in [1.165, 1.54) is 12.1 Å². The van der Waals surface area contributed by atoms with E-state index in [4.69, 9.17) is 0 Å². The normalized spacial score (nSPS) is 11.5. The second-order valence-electron chi connectivity index (χ2n) is 7.89. The van der Waals surface area contributed by atoms with Gasteiger partial charge in [0.2, 0.25) is 0 Å². The van der Waals surface area contributed by atoms with Crippen molar-refractivity contribution < 1.29 is 27.2 Å². The van der Waals surface area contributed by atoms with Gasteiger partial charge in [-0.1, -0.05) is 23.4 Å². The molecule has 0 saturated heterocycles. The summed E-state index contributed by atoms with van der Waals surface area (Å²) in [6.45, 7) is 0.544. The summed E-state index contributed by atoms with van der Waals surface area (Å²) in [7, 11) is 0. The highest BCUT2D eigenvalue weighted by molar-refractivity contribution is 6.04. The zero-order valence-corrected chi connectivity index (χ0v) is 18.4. The molecule has 0 atom stereocenters. The van der Waals surface area contributed by atoms with Crippen LogP contribution in [0.15, 0.2) is 88.3 Å². The van der Waals surface area contributed by atoms with Gasteiger partial charge in [0.25, 0.3) is 5.91 Å². The van der Waals surface area contributed by atoms with Crippen molar-refractivity contribution in [3.05, 3.63) is 101 Å². The molecule has 0 bridgehead atoms. The van der Waals surface area contributed by atoms with Gasteiger partial charge in [-0.25, -0.2) is 4.79 Å². The number of carbonyl (C=O) groups is 1. The highest BCUT2D eigenvalue weighted by Gasteiger charge is 2.31. The number of hydrogen-bond acceptors (Lipinski definition) is 5. The van der Waals surface area contributed by atoms with E-state index in [1.54, 1.807) is 24.3 Å². The number of hydrogen-bond donors (Lipinski definition) is 2. The molecule has 0 radical (unpaired) electrons. The van der Waals surface area contributed by atoms with Crippen molar-refractivity contribution in [3.63, 3.8) is 0 Å². The number of rotatable bonds is 6. The summed E-state index contributed by atoms with van der Waals surface area (Å²) in [5, 5.41) is 7.22. The van der Waals surface area contributed by atoms with Gasteiger partial charge in [0, 0.05) is 46.5 Å². The molecule has 0 aliphatic carbocycles. The van der Waals surface area contributed by atoms with E-state index in [9.17, 15) is 22.8 Å². The largest absolute Gasteiger partial charge is 0.573 e. The Morgan fingerprint density at radius 2 is 1.86 bits per heavy atom. The van der Waals surface area contributed by atoms with Crippen LogP contribution in [0.1, 0.15) is 15.9 Å². The molecule has 0 fully saturated rings. The zero-order valence-electron chi connectivity index (χ0n) is 18.4. The summed E-state index contributed by atoms with van der Waals surface area (Å²) in [4.78, 5) is 26.3. The Morgan fingerprint density at radius 3 is 2.58 bits per heavy atom. The maximum Gasteiger partial charge on any atom is 0.573 e. The summed E-state index contributed by atoms with van der Waals surface area (Å²) in [6, 6.07) is 19.5. The molecule has 11 heteroatoms. The fourth-order valence-electron chi connectivity index (χ4n) is 3.77. The second-order valence-corrected chi connectivity index (χ2v) is 7.89. The Morgan fingerprint density at radius 1 is 1.06 bits per heavy atom. The van der Waals surface area contributed by atoms with E-state index in [1.807, 2.05) is 35.0 Å². The number of fused-ring (bicyclic) bond motifs is 1. The molecule has 0 saturated carbocycles. The molecule has 5 aromatic rings. The van der Waals surface area contributed by atoms with E-state index in [2.05, 4.69) is 24.7 Å². The topological polar surface area (TPSA) is 102 Å². The Balaban J connectivity index is 1.27. The van der Waals surface area contributed by atoms with Crippen LogP contribution in [0.25, 0.3) is 22.3 Å². The monoisotopic (exact) mass is 494 g/mol. The number of amides is 1. The molecular weight excluding hydrogens is 477 g/mol. The van der Waals surface area contributed by atoms with E-state index in [-0.39, 0.29) is 5.69 Å². The van der Waals surface area contributed by atoms with Gasteiger partial charge in [-0.05, 0) is 54.1 Å². The van der Waals surface area contributed by atoms with Crippen LogP contribution in [-0.4, -0.2) is 27.0 Å². The van der Waals surface area contributed by atoms with Crippen molar-refractivity contribution in [2.24, 2.45) is 0 Å². The molecule has 5 rings (SSSR count). The van der Waals surface area contributed by atoms with Crippen molar-refractivity contribution in [2.75, 3.05) is 5.32 Å². The van der Waals surface area contributed by atoms with Gasteiger partial charge < -0.3 is 14.6 Å². The Hall–Kier alpha value is -4.80. The van der Waals surface area contributed by atoms with Crippen LogP contribution in [-0.2, 0) is 6.54 Å². The lowest BCUT2D eigenvalue weighted by Gasteiger charge is -2.11. The highest BCUT2D eigenvalue weighted by atomic mass is 19.4. The van der Waals surface area contributed by atoms with Crippen LogP contribution in [0.3, 0.4) is 0 Å². The minimum Gasteiger partial charge on any atom is -0.406 e. The zero-order chi connectivity index (χ0) is 25.3. The van der Waals surface area contributed by atoms with Gasteiger partial charge in [0.1, 0.15) is 5.75 Å². The lowest BCUT2D eigenvalue weighted by molar-refractivity contribution is -0.274. The third kappa shape index (κ3) is 5.14. The van der Waals surface area contributed by atoms with Crippen molar-refractivity contribution >= 4 is 22.5 Å². The number of halogens is 3. The standard InChI is InChI=1S/C25H17F3N4O4/c26-25(27,28)35-20-3-1-2-19(13-20)29-23(33)16-6-4-15(5-7-16)14-32-11-10-17-12-18(8-9-21(17)32)22-30-24(34)36-31-22/h1-13H,14H2,(H,29,33)(H,30,31,34). The van der Waals surface area contributed by atoms with Crippen LogP contribution < -0.4 is 15.8 Å². The van der Waals surface area contributed by atoms with Gasteiger partial charge in [-0.15, -0.1) is 13.2 Å². The van der Waals surface area contributed by atoms with Gasteiger partial charge in [-0.2, -0.15) is 0 Å². The summed E-state index contributed by atoms with van der Waals surface area (Å²) in [5.41, 5.74) is 3.15. The maximum atomic E-state index is 12.6. The SMILES string of the molecule is O=C(Nc1cccc(OC(F)(F)F)c1)c1ccc(Cn2ccc3cc(-c4noc(=O)[nH]4)ccc32)cc1. The molecule has 182 valence electrons. The highest BCUT2D eigenvalue weighted by Crippen LogP contribution is 2.26. The van der Waals surface area contributed by atoms with Crippen molar-refractivity contribution in [1.82, 2.24) is 14.7 Å². The first-order chi connectivity index (χ1) is 17.2. The number of aromatic nitrogens is 3. The number of nitrogens with zero attached hydrogens (tertiary/aromatic N) is 2. The van der Waals surface area contributed by atoms with E-state index in [0.29, 0.717) is 17.9 Å². The van der Waals surface area contributed by atoms with Crippen LogP contribution in [0.4, 0.5) is 18.9 Å². The van der Waals surface area contributed by atoms with Crippen LogP contribution >= 0.6 is 0 Å². The van der Waals surface area contributed by atoms with Crippen LogP contribution in [0.5, 0.6) is 5.75 Å². The molecule has 0 unspecified atom stereocenters. The fraction of sp³-hybridized carbons (Fsp3) is 0.0800. The minimum atomic E-state index is -4.82. The first-order valence-electron chi connectivity index (χ1n) is 10.6. The Bertz CT molecular complexity index is 1600. The summed E-state index contributed by atoms with van der Waals surface area (Å²) >= 11 is 0. The van der Waals surface area contributed by atoms with Crippen molar-refractivity contribution in [3.8, 4) is 17.1 Å². The van der Waals surface area contributed by atoms with Crippen molar-refractivity contribution in [1.29, 1.82) is 0 Å². The molecule has 2 aromatic heterocycles. The summed E-state index contributed by atoms with van der Waals surface area (Å²) in [6.07, 6.45) is -2.89. The van der Waals surface area contributed by atoms with Crippen LogP contribution in [0, 0.1) is 0 Å². The van der Waals surface area contributed by atoms with Crippen LogP contribution in [0.2, 0.25) is 0 Å². The maximum absolute atomic E-state index is 12.6. The number of carbonyl (C=O) groups excluding carboxylic acids is 1. The number of nitrogens with one attached hydrogen (secondary N) is 2. The van der Waals surface area contributed by atoms with E-state index < -0.39 is 23.8 Å². The second kappa shape index (κ2) is 9.10. The van der Waals surface area contributed by atoms with E-state index >= 15 is 0 Å². The lowest BCUT2D eigenvalue weighted by atomic mass is 10.1. The number of alkyl halides is 3. The lowest BCUT2D eigenvalue weighted by Crippen LogP contribution is -2.17. The predicted molar refractivity (Wildman–Crippen MR) is 125 cm³/mol. The van der Waals surface area contributed by atoms with Gasteiger partial charge in [0.15, 0.2) is 5.82 Å². The van der Waals surface area contributed by atoms with Crippen molar-refractivity contribution in [2.45, 2.75) is 12.9 Å². The third-order valence-electron chi connectivity index (χ3n) is 5.38. The number of anilines is 1. The molecule has 36 heavy (non-hydrogen) atoms. The molecule has 0 aliphatic heterocycles. The molecule has 2 N–H and O–H groups in total. The molecule has 0 aliphatic rings. The average molecular weight is 494 g/mol. The minimum absolute atomic E-state index is 0.179. The third-order valence-corrected chi connectivity index (χ3v) is 5.38. The number of H-pyrrole nitrogens is 1. The summed E-state index contributed by atoms with van der Waals surface area (Å²) < 4.78 is 47.7. The number of benzene rings is 3. The Kier molecular flexibility index (Phi) is 5.80. The first kappa shape index (κ1) is 23.0. The quantitative estimate of drug-likeness (QED) is 0.339. The van der Waals surface area contributed by atoms with Gasteiger partial charge in [-0.3, -0.25) is 14.3 Å². The first-order valence-corrected chi connectivity index (χ1v) is 10.6. The molecule has 3 aromatic carbocycles. The van der Waals surface area contributed by atoms with Gasteiger partial charge >= 0.3 is 12.1 Å². The molecular formula is C25H17F3N4O4. The Labute approximate surface area is 200 Å². The molecule has 1 amide bonds. The summed E-state index contributed by atoms with van der Waals surface area (Å²) in [5.74, 6) is -1.15.